The number of methoxy groups -OCH3 is 2. The summed E-state index contributed by atoms with van der Waals surface area (Å²) < 4.78 is 15.1. The summed E-state index contributed by atoms with van der Waals surface area (Å²) in [6.45, 7) is 3.90. The van der Waals surface area contributed by atoms with Gasteiger partial charge in [0, 0.05) is 0 Å². The smallest absolute Gasteiger partial charge is 0.338 e. The van der Waals surface area contributed by atoms with Crippen LogP contribution in [0.1, 0.15) is 16.8 Å². The highest BCUT2D eigenvalue weighted by Gasteiger charge is 2.11. The van der Waals surface area contributed by atoms with Crippen LogP contribution in [0.3, 0.4) is 0 Å². The van der Waals surface area contributed by atoms with Crippen molar-refractivity contribution in [2.75, 3.05) is 20.8 Å². The Kier molecular flexibility index (Phi) is 4.64. The van der Waals surface area contributed by atoms with Crippen molar-refractivity contribution in [3.05, 3.63) is 30.7 Å². The molecule has 0 heterocycles. The second kappa shape index (κ2) is 6.00. The minimum absolute atomic E-state index is 0.313. The lowest BCUT2D eigenvalue weighted by Gasteiger charge is -2.09. The first-order valence-electron chi connectivity index (χ1n) is 4.91. The molecule has 0 N–H and O–H groups in total. The molecule has 87 valence electrons. The fraction of sp³-hybridized carbons (Fsp3) is 0.333. The molecule has 0 fully saturated rings. The molecule has 0 spiro atoms. The van der Waals surface area contributed by atoms with E-state index in [1.807, 2.05) is 0 Å². The monoisotopic (exact) mass is 223 g/mol. The number of ether oxygens (including phenoxy) is 3. The van der Waals surface area contributed by atoms with Gasteiger partial charge in [-0.25, -0.2) is 4.79 Å². The fourth-order valence-electron chi connectivity index (χ4n) is 1.21. The Morgan fingerprint density at radius 1 is 1.25 bits per heavy atom. The Morgan fingerprint density at radius 3 is 2.50 bits per heavy atom. The number of hydrogen-bond acceptors (Lipinski definition) is 4. The highest BCUT2D eigenvalue weighted by Crippen LogP contribution is 2.27. The van der Waals surface area contributed by atoms with E-state index < -0.39 is 0 Å². The molecule has 0 bridgehead atoms. The van der Waals surface area contributed by atoms with Crippen molar-refractivity contribution in [3.63, 3.8) is 0 Å². The summed E-state index contributed by atoms with van der Waals surface area (Å²) in [7, 11) is 3.06. The lowest BCUT2D eigenvalue weighted by atomic mass is 10.2. The van der Waals surface area contributed by atoms with E-state index in [4.69, 9.17) is 14.2 Å². The van der Waals surface area contributed by atoms with Crippen LogP contribution in [0.5, 0.6) is 11.5 Å². The molecule has 0 atom stereocenters. The molecule has 0 amide bonds. The number of rotatable bonds is 5. The Labute approximate surface area is 95.1 Å². The van der Waals surface area contributed by atoms with Gasteiger partial charge in [-0.2, -0.15) is 0 Å². The number of carbonyl (C=O) groups is 1. The van der Waals surface area contributed by atoms with E-state index in [-0.39, 0.29) is 5.97 Å². The highest BCUT2D eigenvalue weighted by molar-refractivity contribution is 5.90. The molecule has 0 unspecified atom stereocenters. The van der Waals surface area contributed by atoms with Gasteiger partial charge in [-0.1, -0.05) is 0 Å². The van der Waals surface area contributed by atoms with Crippen molar-refractivity contribution in [1.29, 1.82) is 0 Å². The van der Waals surface area contributed by atoms with Gasteiger partial charge in [0.05, 0.1) is 26.4 Å². The number of esters is 1. The van der Waals surface area contributed by atoms with Crippen LogP contribution in [-0.4, -0.2) is 26.8 Å². The Hall–Kier alpha value is -1.71. The van der Waals surface area contributed by atoms with Crippen LogP contribution < -0.4 is 9.47 Å². The van der Waals surface area contributed by atoms with Gasteiger partial charge < -0.3 is 14.2 Å². The maximum atomic E-state index is 11.5. The topological polar surface area (TPSA) is 44.8 Å². The Morgan fingerprint density at radius 2 is 1.94 bits per heavy atom. The van der Waals surface area contributed by atoms with Crippen molar-refractivity contribution in [3.8, 4) is 11.5 Å². The van der Waals surface area contributed by atoms with Crippen molar-refractivity contribution in [2.45, 2.75) is 6.42 Å². The first-order valence-corrected chi connectivity index (χ1v) is 4.91. The van der Waals surface area contributed by atoms with Gasteiger partial charge in [-0.15, -0.1) is 0 Å². The van der Waals surface area contributed by atoms with Crippen LogP contribution in [0.25, 0.3) is 0 Å². The van der Waals surface area contributed by atoms with E-state index in [9.17, 15) is 4.79 Å². The molecule has 4 heteroatoms. The predicted molar refractivity (Wildman–Crippen MR) is 59.8 cm³/mol. The largest absolute Gasteiger partial charge is 0.493 e. The minimum Gasteiger partial charge on any atom is -0.493 e. The molecule has 0 saturated carbocycles. The van der Waals surface area contributed by atoms with Gasteiger partial charge in [0.1, 0.15) is 0 Å². The van der Waals surface area contributed by atoms with Gasteiger partial charge in [-0.3, -0.25) is 0 Å². The van der Waals surface area contributed by atoms with Crippen LogP contribution in [0.4, 0.5) is 0 Å². The number of benzene rings is 1. The number of hydrogen-bond donors (Lipinski definition) is 0. The summed E-state index contributed by atoms with van der Waals surface area (Å²) >= 11 is 0. The van der Waals surface area contributed by atoms with Crippen LogP contribution in [0.15, 0.2) is 18.2 Å². The molecule has 1 radical (unpaired) electrons. The second-order valence-electron chi connectivity index (χ2n) is 3.06. The molecule has 4 nitrogen and oxygen atoms in total. The molecular weight excluding hydrogens is 208 g/mol. The fourth-order valence-corrected chi connectivity index (χ4v) is 1.21. The van der Waals surface area contributed by atoms with Crippen LogP contribution in [0.2, 0.25) is 0 Å². The molecule has 0 aliphatic heterocycles. The zero-order chi connectivity index (χ0) is 12.0. The van der Waals surface area contributed by atoms with E-state index >= 15 is 0 Å². The van der Waals surface area contributed by atoms with Crippen molar-refractivity contribution < 1.29 is 19.0 Å². The lowest BCUT2D eigenvalue weighted by molar-refractivity contribution is 0.0510. The van der Waals surface area contributed by atoms with Crippen LogP contribution in [0, 0.1) is 6.92 Å². The molecule has 1 aromatic carbocycles. The van der Waals surface area contributed by atoms with Crippen LogP contribution in [-0.2, 0) is 4.74 Å². The predicted octanol–water partition coefficient (Wildman–Crippen LogP) is 2.08. The molecule has 1 aromatic rings. The summed E-state index contributed by atoms with van der Waals surface area (Å²) in [4.78, 5) is 11.5. The van der Waals surface area contributed by atoms with E-state index in [1.54, 1.807) is 25.3 Å². The Balaban J connectivity index is 2.85. The van der Waals surface area contributed by atoms with E-state index in [2.05, 4.69) is 6.92 Å². The summed E-state index contributed by atoms with van der Waals surface area (Å²) in [5.74, 6) is 0.701. The molecule has 0 saturated heterocycles. The van der Waals surface area contributed by atoms with E-state index in [1.165, 1.54) is 7.11 Å². The zero-order valence-electron chi connectivity index (χ0n) is 9.49. The zero-order valence-corrected chi connectivity index (χ0v) is 9.49. The lowest BCUT2D eigenvalue weighted by Crippen LogP contribution is -2.06. The second-order valence-corrected chi connectivity index (χ2v) is 3.06. The quantitative estimate of drug-likeness (QED) is 0.717. The molecular formula is C12H15O4. The van der Waals surface area contributed by atoms with Gasteiger partial charge >= 0.3 is 5.97 Å². The van der Waals surface area contributed by atoms with E-state index in [0.29, 0.717) is 30.1 Å². The maximum Gasteiger partial charge on any atom is 0.338 e. The third-order valence-corrected chi connectivity index (χ3v) is 2.00. The van der Waals surface area contributed by atoms with Crippen molar-refractivity contribution in [2.24, 2.45) is 0 Å². The third kappa shape index (κ3) is 2.89. The third-order valence-electron chi connectivity index (χ3n) is 2.00. The molecule has 0 aromatic heterocycles. The summed E-state index contributed by atoms with van der Waals surface area (Å²) in [5.41, 5.74) is 0.436. The Bertz CT molecular complexity index is 360. The normalized spacial score (nSPS) is 9.69. The van der Waals surface area contributed by atoms with Gasteiger partial charge in [-0.05, 0) is 31.5 Å². The number of carbonyl (C=O) groups excluding carboxylic acids is 1. The van der Waals surface area contributed by atoms with Gasteiger partial charge in [0.25, 0.3) is 0 Å². The highest BCUT2D eigenvalue weighted by atomic mass is 16.5. The van der Waals surface area contributed by atoms with E-state index in [0.717, 1.165) is 0 Å². The first-order chi connectivity index (χ1) is 7.72. The summed E-state index contributed by atoms with van der Waals surface area (Å²) in [6, 6.07) is 4.89. The molecule has 0 aliphatic carbocycles. The SMILES string of the molecule is [CH2]CCOC(=O)c1ccc(OC)c(OC)c1. The van der Waals surface area contributed by atoms with Gasteiger partial charge in [0.2, 0.25) is 0 Å². The molecule has 16 heavy (non-hydrogen) atoms. The minimum atomic E-state index is -0.385. The summed E-state index contributed by atoms with van der Waals surface area (Å²) in [5, 5.41) is 0. The van der Waals surface area contributed by atoms with Crippen molar-refractivity contribution in [1.82, 2.24) is 0 Å². The molecule has 1 rings (SSSR count). The standard InChI is InChI=1S/C12H15O4/c1-4-7-16-12(13)9-5-6-10(14-2)11(8-9)15-3/h5-6,8H,1,4,7H2,2-3H3. The maximum absolute atomic E-state index is 11.5. The van der Waals surface area contributed by atoms with Gasteiger partial charge in [0.15, 0.2) is 11.5 Å². The average molecular weight is 223 g/mol. The molecule has 0 aliphatic rings. The van der Waals surface area contributed by atoms with Crippen molar-refractivity contribution >= 4 is 5.97 Å². The van der Waals surface area contributed by atoms with Crippen LogP contribution >= 0.6 is 0 Å². The first kappa shape index (κ1) is 12.4. The summed E-state index contributed by atoms with van der Waals surface area (Å²) in [6.07, 6.45) is 0.555. The average Bonchev–Trinajstić information content (AvgIpc) is 2.34.